The molecular weight excluding hydrogens is 248 g/mol. The van der Waals surface area contributed by atoms with Crippen LogP contribution in [0.25, 0.3) is 11.0 Å². The fourth-order valence-electron chi connectivity index (χ4n) is 2.44. The highest BCUT2D eigenvalue weighted by atomic mass is 16.4. The highest BCUT2D eigenvalue weighted by Gasteiger charge is 2.24. The first-order valence-electron chi connectivity index (χ1n) is 6.10. The number of aromatic amines is 1. The van der Waals surface area contributed by atoms with Gasteiger partial charge in [0.05, 0.1) is 16.6 Å². The zero-order valence-electron chi connectivity index (χ0n) is 10.0. The van der Waals surface area contributed by atoms with Gasteiger partial charge in [0.25, 0.3) is 0 Å². The van der Waals surface area contributed by atoms with Gasteiger partial charge in [-0.25, -0.2) is 4.79 Å². The summed E-state index contributed by atoms with van der Waals surface area (Å²) in [6, 6.07) is 4.66. The molecule has 3 rings (SSSR count). The molecule has 6 heteroatoms. The SMILES string of the molecule is O=C(O)c1cccc2c1[nH]c(=O)c(=O)n2C1CCC1. The van der Waals surface area contributed by atoms with Gasteiger partial charge in [-0.2, -0.15) is 0 Å². The van der Waals surface area contributed by atoms with Gasteiger partial charge in [0.1, 0.15) is 0 Å². The Balaban J connectivity index is 2.44. The molecule has 1 aromatic carbocycles. The number of benzene rings is 1. The van der Waals surface area contributed by atoms with E-state index in [2.05, 4.69) is 4.98 Å². The van der Waals surface area contributed by atoms with Gasteiger partial charge in [0.2, 0.25) is 0 Å². The van der Waals surface area contributed by atoms with E-state index >= 15 is 0 Å². The smallest absolute Gasteiger partial charge is 0.337 e. The number of fused-ring (bicyclic) bond motifs is 1. The summed E-state index contributed by atoms with van der Waals surface area (Å²) < 4.78 is 1.43. The van der Waals surface area contributed by atoms with Gasteiger partial charge < -0.3 is 10.1 Å². The van der Waals surface area contributed by atoms with E-state index in [4.69, 9.17) is 5.11 Å². The third kappa shape index (κ3) is 1.68. The Morgan fingerprint density at radius 1 is 1.32 bits per heavy atom. The van der Waals surface area contributed by atoms with Crippen LogP contribution in [0.1, 0.15) is 35.7 Å². The number of nitrogens with one attached hydrogen (secondary N) is 1. The van der Waals surface area contributed by atoms with Crippen LogP contribution in [0.5, 0.6) is 0 Å². The van der Waals surface area contributed by atoms with Crippen molar-refractivity contribution in [2.24, 2.45) is 0 Å². The van der Waals surface area contributed by atoms with Crippen LogP contribution in [0.4, 0.5) is 0 Å². The molecule has 1 aliphatic rings. The van der Waals surface area contributed by atoms with Crippen LogP contribution in [0.3, 0.4) is 0 Å². The van der Waals surface area contributed by atoms with Crippen molar-refractivity contribution < 1.29 is 9.90 Å². The summed E-state index contributed by atoms with van der Waals surface area (Å²) in [6.45, 7) is 0. The number of rotatable bonds is 2. The van der Waals surface area contributed by atoms with Crippen molar-refractivity contribution in [3.63, 3.8) is 0 Å². The first-order valence-corrected chi connectivity index (χ1v) is 6.10. The molecule has 2 N–H and O–H groups in total. The van der Waals surface area contributed by atoms with Gasteiger partial charge >= 0.3 is 17.1 Å². The Morgan fingerprint density at radius 2 is 2.05 bits per heavy atom. The summed E-state index contributed by atoms with van der Waals surface area (Å²) in [5.74, 6) is -1.12. The maximum Gasteiger partial charge on any atom is 0.337 e. The van der Waals surface area contributed by atoms with Crippen molar-refractivity contribution in [2.45, 2.75) is 25.3 Å². The summed E-state index contributed by atoms with van der Waals surface area (Å²) in [7, 11) is 0. The Labute approximate surface area is 107 Å². The van der Waals surface area contributed by atoms with Crippen molar-refractivity contribution in [2.75, 3.05) is 0 Å². The van der Waals surface area contributed by atoms with Crippen molar-refractivity contribution in [3.8, 4) is 0 Å². The molecule has 98 valence electrons. The van der Waals surface area contributed by atoms with Crippen molar-refractivity contribution >= 4 is 17.0 Å². The highest BCUT2D eigenvalue weighted by Crippen LogP contribution is 2.32. The Hall–Kier alpha value is -2.37. The molecule has 0 spiro atoms. The first kappa shape index (κ1) is 11.7. The monoisotopic (exact) mass is 260 g/mol. The lowest BCUT2D eigenvalue weighted by atomic mass is 9.92. The Kier molecular flexibility index (Phi) is 2.51. The number of carboxylic acids is 1. The van der Waals surface area contributed by atoms with E-state index in [1.807, 2.05) is 0 Å². The number of hydrogen-bond donors (Lipinski definition) is 2. The van der Waals surface area contributed by atoms with Gasteiger partial charge in [0, 0.05) is 6.04 Å². The number of nitrogens with zero attached hydrogens (tertiary/aromatic N) is 1. The summed E-state index contributed by atoms with van der Waals surface area (Å²) in [5, 5.41) is 9.13. The largest absolute Gasteiger partial charge is 0.478 e. The molecule has 1 aromatic heterocycles. The number of H-pyrrole nitrogens is 1. The van der Waals surface area contributed by atoms with E-state index in [0.717, 1.165) is 19.3 Å². The fourth-order valence-corrected chi connectivity index (χ4v) is 2.44. The molecule has 0 bridgehead atoms. The topological polar surface area (TPSA) is 92.2 Å². The fraction of sp³-hybridized carbons (Fsp3) is 0.308. The summed E-state index contributed by atoms with van der Waals surface area (Å²) in [5.41, 5.74) is -0.684. The van der Waals surface area contributed by atoms with Crippen LogP contribution in [0, 0.1) is 0 Å². The minimum absolute atomic E-state index is 0.00125. The lowest BCUT2D eigenvalue weighted by Crippen LogP contribution is -2.40. The number of aromatic nitrogens is 2. The summed E-state index contributed by atoms with van der Waals surface area (Å²) in [4.78, 5) is 37.2. The van der Waals surface area contributed by atoms with Gasteiger partial charge in [0.15, 0.2) is 0 Å². The molecule has 1 aliphatic carbocycles. The lowest BCUT2D eigenvalue weighted by Gasteiger charge is -2.28. The summed E-state index contributed by atoms with van der Waals surface area (Å²) in [6.07, 6.45) is 2.70. The molecule has 19 heavy (non-hydrogen) atoms. The van der Waals surface area contributed by atoms with Gasteiger partial charge in [-0.1, -0.05) is 6.07 Å². The minimum Gasteiger partial charge on any atom is -0.478 e. The molecule has 0 aliphatic heterocycles. The molecule has 2 aromatic rings. The molecule has 0 unspecified atom stereocenters. The van der Waals surface area contributed by atoms with Crippen LogP contribution in [0.15, 0.2) is 27.8 Å². The molecule has 6 nitrogen and oxygen atoms in total. The minimum atomic E-state index is -1.12. The zero-order chi connectivity index (χ0) is 13.6. The Bertz CT molecular complexity index is 783. The number of carboxylic acid groups (broad SMARTS) is 1. The quantitative estimate of drug-likeness (QED) is 0.791. The standard InChI is InChI=1S/C13H12N2O4/c16-11-12(17)15(7-3-1-4-7)9-6-2-5-8(13(18)19)10(9)14-11/h2,5-7H,1,3-4H2,(H,14,16)(H,18,19). The molecule has 0 radical (unpaired) electrons. The van der Waals surface area contributed by atoms with Gasteiger partial charge in [-0.3, -0.25) is 14.2 Å². The predicted molar refractivity (Wildman–Crippen MR) is 68.7 cm³/mol. The number of para-hydroxylation sites is 1. The summed E-state index contributed by atoms with van der Waals surface area (Å²) >= 11 is 0. The van der Waals surface area contributed by atoms with Crippen LogP contribution in [-0.2, 0) is 0 Å². The predicted octanol–water partition coefficient (Wildman–Crippen LogP) is 1.11. The van der Waals surface area contributed by atoms with Gasteiger partial charge in [-0.05, 0) is 31.4 Å². The maximum absolute atomic E-state index is 12.0. The van der Waals surface area contributed by atoms with E-state index in [-0.39, 0.29) is 17.1 Å². The second-order valence-corrected chi connectivity index (χ2v) is 4.72. The molecule has 1 saturated carbocycles. The first-order chi connectivity index (χ1) is 9.09. The van der Waals surface area contributed by atoms with E-state index in [0.29, 0.717) is 5.52 Å². The molecule has 0 atom stereocenters. The van der Waals surface area contributed by atoms with Crippen LogP contribution < -0.4 is 11.1 Å². The lowest BCUT2D eigenvalue weighted by molar-refractivity contribution is 0.0698. The average Bonchev–Trinajstić information content (AvgIpc) is 2.31. The molecule has 0 saturated heterocycles. The van der Waals surface area contributed by atoms with E-state index in [1.54, 1.807) is 12.1 Å². The average molecular weight is 260 g/mol. The van der Waals surface area contributed by atoms with Crippen LogP contribution in [0.2, 0.25) is 0 Å². The normalized spacial score (nSPS) is 15.4. The van der Waals surface area contributed by atoms with Crippen molar-refractivity contribution in [1.82, 2.24) is 9.55 Å². The molecular formula is C13H12N2O4. The van der Waals surface area contributed by atoms with Crippen molar-refractivity contribution in [1.29, 1.82) is 0 Å². The Morgan fingerprint density at radius 3 is 2.63 bits per heavy atom. The van der Waals surface area contributed by atoms with E-state index in [1.165, 1.54) is 10.6 Å². The third-order valence-electron chi connectivity index (χ3n) is 3.62. The van der Waals surface area contributed by atoms with Crippen LogP contribution >= 0.6 is 0 Å². The second kappa shape index (κ2) is 4.08. The molecule has 1 fully saturated rings. The molecule has 1 heterocycles. The molecule has 0 amide bonds. The number of aromatic carboxylic acids is 1. The van der Waals surface area contributed by atoms with Crippen molar-refractivity contribution in [3.05, 3.63) is 44.5 Å². The number of carbonyl (C=O) groups is 1. The van der Waals surface area contributed by atoms with Crippen LogP contribution in [-0.4, -0.2) is 20.6 Å². The highest BCUT2D eigenvalue weighted by molar-refractivity contribution is 6.00. The number of hydrogen-bond acceptors (Lipinski definition) is 3. The maximum atomic E-state index is 12.0. The van der Waals surface area contributed by atoms with E-state index < -0.39 is 17.1 Å². The van der Waals surface area contributed by atoms with E-state index in [9.17, 15) is 14.4 Å². The third-order valence-corrected chi connectivity index (χ3v) is 3.62. The van der Waals surface area contributed by atoms with Gasteiger partial charge in [-0.15, -0.1) is 0 Å². The second-order valence-electron chi connectivity index (χ2n) is 4.72. The zero-order valence-corrected chi connectivity index (χ0v) is 10.0.